The normalized spacial score (nSPS) is 12.9. The zero-order chi connectivity index (χ0) is 13.4. The maximum Gasteiger partial charge on any atom is 0.123 e. The standard InChI is InChI=1S/C16H26O/c1-8-11-9-10-12(15(2,3)4)14(17)13(11)16(5,6)7/h9-10,17H,8H2,1-7H3. The highest BCUT2D eigenvalue weighted by atomic mass is 16.3. The first-order valence-electron chi connectivity index (χ1n) is 6.44. The van der Waals surface area contributed by atoms with Crippen LogP contribution in [0.5, 0.6) is 5.75 Å². The molecule has 1 heteroatoms. The number of phenols is 1. The van der Waals surface area contributed by atoms with Gasteiger partial charge in [0.1, 0.15) is 5.75 Å². The summed E-state index contributed by atoms with van der Waals surface area (Å²) in [6.07, 6.45) is 0.963. The van der Waals surface area contributed by atoms with Gasteiger partial charge in [0.15, 0.2) is 0 Å². The van der Waals surface area contributed by atoms with Gasteiger partial charge in [-0.2, -0.15) is 0 Å². The van der Waals surface area contributed by atoms with Crippen molar-refractivity contribution >= 4 is 0 Å². The van der Waals surface area contributed by atoms with E-state index in [2.05, 4.69) is 60.6 Å². The first-order chi connectivity index (χ1) is 7.59. The predicted molar refractivity (Wildman–Crippen MR) is 74.9 cm³/mol. The van der Waals surface area contributed by atoms with Crippen LogP contribution in [0.25, 0.3) is 0 Å². The van der Waals surface area contributed by atoms with Crippen molar-refractivity contribution in [3.63, 3.8) is 0 Å². The van der Waals surface area contributed by atoms with Crippen LogP contribution < -0.4 is 0 Å². The van der Waals surface area contributed by atoms with Crippen LogP contribution in [0, 0.1) is 0 Å². The fourth-order valence-corrected chi connectivity index (χ4v) is 2.37. The molecular formula is C16H26O. The fourth-order valence-electron chi connectivity index (χ4n) is 2.37. The van der Waals surface area contributed by atoms with E-state index in [0.29, 0.717) is 5.75 Å². The molecule has 0 aliphatic carbocycles. The smallest absolute Gasteiger partial charge is 0.123 e. The SMILES string of the molecule is CCc1ccc(C(C)(C)C)c(O)c1C(C)(C)C. The van der Waals surface area contributed by atoms with Crippen LogP contribution >= 0.6 is 0 Å². The van der Waals surface area contributed by atoms with Crippen LogP contribution in [-0.4, -0.2) is 5.11 Å². The van der Waals surface area contributed by atoms with Crippen LogP contribution in [0.2, 0.25) is 0 Å². The Morgan fingerprint density at radius 3 is 1.82 bits per heavy atom. The molecular weight excluding hydrogens is 208 g/mol. The van der Waals surface area contributed by atoms with Gasteiger partial charge >= 0.3 is 0 Å². The lowest BCUT2D eigenvalue weighted by atomic mass is 9.77. The van der Waals surface area contributed by atoms with E-state index in [-0.39, 0.29) is 10.8 Å². The summed E-state index contributed by atoms with van der Waals surface area (Å²) in [5.41, 5.74) is 3.36. The van der Waals surface area contributed by atoms with E-state index in [4.69, 9.17) is 0 Å². The van der Waals surface area contributed by atoms with Crippen molar-refractivity contribution in [3.05, 3.63) is 28.8 Å². The summed E-state index contributed by atoms with van der Waals surface area (Å²) in [4.78, 5) is 0. The molecule has 0 atom stereocenters. The monoisotopic (exact) mass is 234 g/mol. The van der Waals surface area contributed by atoms with Gasteiger partial charge < -0.3 is 5.11 Å². The third kappa shape index (κ3) is 2.83. The van der Waals surface area contributed by atoms with E-state index < -0.39 is 0 Å². The third-order valence-electron chi connectivity index (χ3n) is 3.20. The number of aryl methyl sites for hydroxylation is 1. The average Bonchev–Trinajstić information content (AvgIpc) is 2.12. The molecule has 1 N–H and O–H groups in total. The van der Waals surface area contributed by atoms with Crippen LogP contribution in [0.1, 0.15) is 65.2 Å². The van der Waals surface area contributed by atoms with Crippen molar-refractivity contribution in [2.75, 3.05) is 0 Å². The van der Waals surface area contributed by atoms with E-state index in [1.807, 2.05) is 0 Å². The maximum absolute atomic E-state index is 10.6. The minimum atomic E-state index is -0.0175. The van der Waals surface area contributed by atoms with Crippen molar-refractivity contribution < 1.29 is 5.11 Å². The van der Waals surface area contributed by atoms with Gasteiger partial charge in [0.05, 0.1) is 0 Å². The molecule has 0 aromatic heterocycles. The maximum atomic E-state index is 10.6. The molecule has 17 heavy (non-hydrogen) atoms. The summed E-state index contributed by atoms with van der Waals surface area (Å²) in [6, 6.07) is 4.24. The Hall–Kier alpha value is -0.980. The molecule has 1 aromatic carbocycles. The molecule has 1 nitrogen and oxygen atoms in total. The fraction of sp³-hybridized carbons (Fsp3) is 0.625. The van der Waals surface area contributed by atoms with Crippen LogP contribution in [0.3, 0.4) is 0 Å². The minimum absolute atomic E-state index is 0.0172. The number of hydrogen-bond acceptors (Lipinski definition) is 1. The highest BCUT2D eigenvalue weighted by Crippen LogP contribution is 2.40. The molecule has 0 heterocycles. The summed E-state index contributed by atoms with van der Waals surface area (Å²) in [7, 11) is 0. The summed E-state index contributed by atoms with van der Waals surface area (Å²) < 4.78 is 0. The lowest BCUT2D eigenvalue weighted by Gasteiger charge is -2.29. The highest BCUT2D eigenvalue weighted by Gasteiger charge is 2.27. The van der Waals surface area contributed by atoms with Crippen LogP contribution in [0.4, 0.5) is 0 Å². The molecule has 0 saturated carbocycles. The lowest BCUT2D eigenvalue weighted by Crippen LogP contribution is -2.19. The largest absolute Gasteiger partial charge is 0.507 e. The Bertz CT molecular complexity index is 403. The van der Waals surface area contributed by atoms with Gasteiger partial charge in [-0.15, -0.1) is 0 Å². The van der Waals surface area contributed by atoms with E-state index in [1.54, 1.807) is 0 Å². The van der Waals surface area contributed by atoms with Gasteiger partial charge in [0, 0.05) is 5.56 Å². The van der Waals surface area contributed by atoms with Gasteiger partial charge in [0.2, 0.25) is 0 Å². The Kier molecular flexibility index (Phi) is 3.61. The average molecular weight is 234 g/mol. The van der Waals surface area contributed by atoms with E-state index in [1.165, 1.54) is 5.56 Å². The molecule has 0 aliphatic heterocycles. The third-order valence-corrected chi connectivity index (χ3v) is 3.20. The number of phenolic OH excluding ortho intramolecular Hbond substituents is 1. The topological polar surface area (TPSA) is 20.2 Å². The second-order valence-electron chi connectivity index (χ2n) is 6.85. The number of hydrogen-bond donors (Lipinski definition) is 1. The molecule has 96 valence electrons. The second kappa shape index (κ2) is 4.36. The summed E-state index contributed by atoms with van der Waals surface area (Å²) in [5.74, 6) is 0.490. The molecule has 0 saturated heterocycles. The van der Waals surface area contributed by atoms with Crippen molar-refractivity contribution in [3.8, 4) is 5.75 Å². The van der Waals surface area contributed by atoms with Crippen molar-refractivity contribution in [2.45, 2.75) is 65.7 Å². The number of aromatic hydroxyl groups is 1. The molecule has 0 unspecified atom stereocenters. The summed E-state index contributed by atoms with van der Waals surface area (Å²) >= 11 is 0. The molecule has 1 rings (SSSR count). The zero-order valence-corrected chi connectivity index (χ0v) is 12.3. The molecule has 1 aromatic rings. The van der Waals surface area contributed by atoms with Gasteiger partial charge in [-0.1, -0.05) is 60.6 Å². The molecule has 0 spiro atoms. The van der Waals surface area contributed by atoms with Crippen LogP contribution in [-0.2, 0) is 17.3 Å². The highest BCUT2D eigenvalue weighted by molar-refractivity contribution is 5.51. The number of rotatable bonds is 1. The van der Waals surface area contributed by atoms with Crippen molar-refractivity contribution in [1.82, 2.24) is 0 Å². The zero-order valence-electron chi connectivity index (χ0n) is 12.3. The molecule has 0 radical (unpaired) electrons. The van der Waals surface area contributed by atoms with E-state index in [0.717, 1.165) is 17.5 Å². The minimum Gasteiger partial charge on any atom is -0.507 e. The second-order valence-corrected chi connectivity index (χ2v) is 6.85. The van der Waals surface area contributed by atoms with Gasteiger partial charge in [-0.3, -0.25) is 0 Å². The Balaban J connectivity index is 3.55. The van der Waals surface area contributed by atoms with E-state index >= 15 is 0 Å². The first kappa shape index (κ1) is 14.1. The molecule has 0 bridgehead atoms. The molecule has 0 amide bonds. The quantitative estimate of drug-likeness (QED) is 0.756. The molecule has 0 fully saturated rings. The lowest BCUT2D eigenvalue weighted by molar-refractivity contribution is 0.421. The van der Waals surface area contributed by atoms with Crippen molar-refractivity contribution in [1.29, 1.82) is 0 Å². The Morgan fingerprint density at radius 2 is 1.47 bits per heavy atom. The number of benzene rings is 1. The van der Waals surface area contributed by atoms with E-state index in [9.17, 15) is 5.11 Å². The van der Waals surface area contributed by atoms with Gasteiger partial charge in [0.25, 0.3) is 0 Å². The molecule has 0 aliphatic rings. The Morgan fingerprint density at radius 1 is 0.941 bits per heavy atom. The summed E-state index contributed by atoms with van der Waals surface area (Å²) in [5, 5.41) is 10.6. The van der Waals surface area contributed by atoms with Crippen LogP contribution in [0.15, 0.2) is 12.1 Å². The Labute approximate surface area is 106 Å². The first-order valence-corrected chi connectivity index (χ1v) is 6.44. The van der Waals surface area contributed by atoms with Crippen molar-refractivity contribution in [2.24, 2.45) is 0 Å². The predicted octanol–water partition coefficient (Wildman–Crippen LogP) is 4.55. The van der Waals surface area contributed by atoms with Gasteiger partial charge in [-0.25, -0.2) is 0 Å². The summed E-state index contributed by atoms with van der Waals surface area (Å²) in [6.45, 7) is 15.0. The van der Waals surface area contributed by atoms with Gasteiger partial charge in [-0.05, 0) is 28.4 Å².